The molecule has 0 N–H and O–H groups in total. The summed E-state index contributed by atoms with van der Waals surface area (Å²) in [6.07, 6.45) is -6.91. The molecule has 1 aromatic carbocycles. The van der Waals surface area contributed by atoms with Gasteiger partial charge < -0.3 is 9.47 Å². The van der Waals surface area contributed by atoms with E-state index in [1.807, 2.05) is 0 Å². The van der Waals surface area contributed by atoms with Gasteiger partial charge in [-0.1, -0.05) is 11.6 Å². The van der Waals surface area contributed by atoms with E-state index in [-0.39, 0.29) is 10.6 Å². The Kier molecular flexibility index (Phi) is 7.77. The first-order valence-electron chi connectivity index (χ1n) is 7.87. The first-order chi connectivity index (χ1) is 12.5. The van der Waals surface area contributed by atoms with Crippen molar-refractivity contribution < 1.29 is 41.4 Å². The van der Waals surface area contributed by atoms with Gasteiger partial charge >= 0.3 is 23.8 Å². The number of hydrogen-bond donors (Lipinski definition) is 0. The molecule has 0 bridgehead atoms. The summed E-state index contributed by atoms with van der Waals surface area (Å²) < 4.78 is 64.4. The summed E-state index contributed by atoms with van der Waals surface area (Å²) in [5.74, 6) is -8.54. The quantitative estimate of drug-likeness (QED) is 0.280. The van der Waals surface area contributed by atoms with Crippen LogP contribution < -0.4 is 0 Å². The SMILES string of the molecule is CCOC(=O)C(F)(C(=O)OCC)[C@H](CC(=O)c1ccc(Cl)cc1)C(F)(F)F. The first kappa shape index (κ1) is 22.9. The number of hydrogen-bond acceptors (Lipinski definition) is 5. The van der Waals surface area contributed by atoms with Gasteiger partial charge in [0.2, 0.25) is 0 Å². The van der Waals surface area contributed by atoms with E-state index in [1.54, 1.807) is 0 Å². The molecule has 10 heteroatoms. The highest BCUT2D eigenvalue weighted by Crippen LogP contribution is 2.42. The Morgan fingerprint density at radius 2 is 1.41 bits per heavy atom. The minimum absolute atomic E-state index is 0.191. The molecule has 0 heterocycles. The van der Waals surface area contributed by atoms with Crippen LogP contribution in [0, 0.1) is 5.92 Å². The van der Waals surface area contributed by atoms with Crippen molar-refractivity contribution in [2.45, 2.75) is 32.1 Å². The average Bonchev–Trinajstić information content (AvgIpc) is 2.58. The fraction of sp³-hybridized carbons (Fsp3) is 0.471. The largest absolute Gasteiger partial charge is 0.463 e. The molecule has 27 heavy (non-hydrogen) atoms. The summed E-state index contributed by atoms with van der Waals surface area (Å²) in [4.78, 5) is 36.0. The smallest absolute Gasteiger partial charge is 0.396 e. The van der Waals surface area contributed by atoms with Gasteiger partial charge in [-0.2, -0.15) is 13.2 Å². The van der Waals surface area contributed by atoms with Gasteiger partial charge in [0.1, 0.15) is 5.92 Å². The third-order valence-electron chi connectivity index (χ3n) is 3.58. The Labute approximate surface area is 157 Å². The van der Waals surface area contributed by atoms with E-state index in [1.165, 1.54) is 26.0 Å². The van der Waals surface area contributed by atoms with Gasteiger partial charge in [0, 0.05) is 17.0 Å². The highest BCUT2D eigenvalue weighted by atomic mass is 35.5. The minimum Gasteiger partial charge on any atom is -0.463 e. The van der Waals surface area contributed by atoms with Gasteiger partial charge in [-0.05, 0) is 38.1 Å². The van der Waals surface area contributed by atoms with Gasteiger partial charge in [-0.3, -0.25) is 4.79 Å². The van der Waals surface area contributed by atoms with E-state index < -0.39 is 55.1 Å². The molecule has 0 unspecified atom stereocenters. The second-order valence-electron chi connectivity index (χ2n) is 5.38. The number of ether oxygens (including phenoxy) is 2. The molecule has 1 atom stereocenters. The van der Waals surface area contributed by atoms with Crippen molar-refractivity contribution in [2.75, 3.05) is 13.2 Å². The van der Waals surface area contributed by atoms with E-state index in [0.717, 1.165) is 12.1 Å². The van der Waals surface area contributed by atoms with E-state index >= 15 is 4.39 Å². The van der Waals surface area contributed by atoms with Crippen LogP contribution in [0.15, 0.2) is 24.3 Å². The lowest BCUT2D eigenvalue weighted by atomic mass is 9.83. The van der Waals surface area contributed by atoms with Crippen LogP contribution in [0.4, 0.5) is 17.6 Å². The monoisotopic (exact) mass is 412 g/mol. The molecule has 0 amide bonds. The van der Waals surface area contributed by atoms with Crippen LogP contribution in [0.2, 0.25) is 5.02 Å². The third-order valence-corrected chi connectivity index (χ3v) is 3.83. The predicted octanol–water partition coefficient (Wildman–Crippen LogP) is 3.93. The zero-order valence-corrected chi connectivity index (χ0v) is 15.2. The zero-order chi connectivity index (χ0) is 20.8. The summed E-state index contributed by atoms with van der Waals surface area (Å²) in [5.41, 5.74) is -4.41. The molecule has 0 spiro atoms. The van der Waals surface area contributed by atoms with Gasteiger partial charge in [0.25, 0.3) is 0 Å². The van der Waals surface area contributed by atoms with Gasteiger partial charge in [-0.15, -0.1) is 0 Å². The highest BCUT2D eigenvalue weighted by Gasteiger charge is 2.65. The van der Waals surface area contributed by atoms with Crippen molar-refractivity contribution in [2.24, 2.45) is 5.92 Å². The van der Waals surface area contributed by atoms with Gasteiger partial charge in [0.15, 0.2) is 5.78 Å². The number of benzene rings is 1. The Bertz CT molecular complexity index is 670. The van der Waals surface area contributed by atoms with Gasteiger partial charge in [-0.25, -0.2) is 14.0 Å². The Morgan fingerprint density at radius 1 is 0.963 bits per heavy atom. The molecule has 0 aliphatic rings. The first-order valence-corrected chi connectivity index (χ1v) is 8.25. The second-order valence-corrected chi connectivity index (χ2v) is 5.82. The van der Waals surface area contributed by atoms with Crippen LogP contribution in [0.1, 0.15) is 30.6 Å². The minimum atomic E-state index is -5.41. The highest BCUT2D eigenvalue weighted by molar-refractivity contribution is 6.30. The molecule has 150 valence electrons. The summed E-state index contributed by atoms with van der Waals surface area (Å²) in [5, 5.41) is 0.233. The van der Waals surface area contributed by atoms with E-state index in [2.05, 4.69) is 9.47 Å². The molecule has 0 saturated carbocycles. The summed E-state index contributed by atoms with van der Waals surface area (Å²) >= 11 is 5.65. The van der Waals surface area contributed by atoms with Crippen molar-refractivity contribution >= 4 is 29.3 Å². The number of esters is 2. The van der Waals surface area contributed by atoms with Crippen LogP contribution in [-0.2, 0) is 19.1 Å². The average molecular weight is 413 g/mol. The van der Waals surface area contributed by atoms with E-state index in [9.17, 15) is 27.6 Å². The number of ketones is 1. The van der Waals surface area contributed by atoms with Crippen molar-refractivity contribution in [3.63, 3.8) is 0 Å². The van der Waals surface area contributed by atoms with Crippen LogP contribution in [0.3, 0.4) is 0 Å². The molecule has 0 aliphatic carbocycles. The molecule has 0 radical (unpaired) electrons. The second kappa shape index (κ2) is 9.16. The van der Waals surface area contributed by atoms with Crippen molar-refractivity contribution in [3.8, 4) is 0 Å². The third kappa shape index (κ3) is 5.41. The van der Waals surface area contributed by atoms with Crippen molar-refractivity contribution in [1.29, 1.82) is 0 Å². The molecule has 5 nitrogen and oxygen atoms in total. The zero-order valence-electron chi connectivity index (χ0n) is 14.4. The predicted molar refractivity (Wildman–Crippen MR) is 87.0 cm³/mol. The normalized spacial score (nSPS) is 13.0. The molecule has 0 aromatic heterocycles. The molecular formula is C17H17ClF4O5. The lowest BCUT2D eigenvalue weighted by Gasteiger charge is -2.30. The number of carbonyl (C=O) groups excluding carboxylic acids is 3. The van der Waals surface area contributed by atoms with E-state index in [4.69, 9.17) is 11.6 Å². The number of alkyl halides is 4. The summed E-state index contributed by atoms with van der Waals surface area (Å²) in [6, 6.07) is 4.81. The van der Waals surface area contributed by atoms with E-state index in [0.29, 0.717) is 0 Å². The Balaban J connectivity index is 3.34. The maximum atomic E-state index is 15.2. The maximum absolute atomic E-state index is 15.2. The lowest BCUT2D eigenvalue weighted by molar-refractivity contribution is -0.226. The van der Waals surface area contributed by atoms with Crippen LogP contribution >= 0.6 is 11.6 Å². The number of carbonyl (C=O) groups is 3. The van der Waals surface area contributed by atoms with Gasteiger partial charge in [0.05, 0.1) is 13.2 Å². The van der Waals surface area contributed by atoms with Crippen LogP contribution in [0.5, 0.6) is 0 Å². The number of halogens is 5. The molecular weight excluding hydrogens is 396 g/mol. The van der Waals surface area contributed by atoms with Crippen LogP contribution in [0.25, 0.3) is 0 Å². The summed E-state index contributed by atoms with van der Waals surface area (Å²) in [7, 11) is 0. The molecule has 0 fully saturated rings. The van der Waals surface area contributed by atoms with Crippen LogP contribution in [-0.4, -0.2) is 42.8 Å². The fourth-order valence-electron chi connectivity index (χ4n) is 2.26. The Hall–Kier alpha value is -2.16. The number of Topliss-reactive ketones (excluding diaryl/α,β-unsaturated/α-hetero) is 1. The van der Waals surface area contributed by atoms with Crippen molar-refractivity contribution in [3.05, 3.63) is 34.9 Å². The fourth-order valence-corrected chi connectivity index (χ4v) is 2.39. The molecule has 1 rings (SSSR count). The Morgan fingerprint density at radius 3 is 1.78 bits per heavy atom. The lowest BCUT2D eigenvalue weighted by Crippen LogP contribution is -2.56. The maximum Gasteiger partial charge on any atom is 0.396 e. The molecule has 0 saturated heterocycles. The standard InChI is InChI=1S/C17H17ClF4O5/c1-3-26-14(24)16(19,15(25)27-4-2)13(17(20,21)22)9-12(23)10-5-7-11(18)8-6-10/h5-8,13H,3-4,9H2,1-2H3/t13-/m0/s1. The molecule has 0 aliphatic heterocycles. The van der Waals surface area contributed by atoms with Crippen molar-refractivity contribution in [1.82, 2.24) is 0 Å². The molecule has 1 aromatic rings. The number of rotatable bonds is 8. The topological polar surface area (TPSA) is 69.7 Å². The summed E-state index contributed by atoms with van der Waals surface area (Å²) in [6.45, 7) is 1.51.